The number of carbonyl (C=O) groups excluding carboxylic acids is 1. The van der Waals surface area contributed by atoms with Gasteiger partial charge < -0.3 is 10.5 Å². The van der Waals surface area contributed by atoms with Crippen molar-refractivity contribution >= 4 is 39.2 Å². The fourth-order valence-electron chi connectivity index (χ4n) is 3.47. The van der Waals surface area contributed by atoms with Crippen LogP contribution in [0.25, 0.3) is 33.3 Å². The van der Waals surface area contributed by atoms with Crippen LogP contribution >= 0.6 is 0 Å². The third-order valence-corrected chi connectivity index (χ3v) is 5.09. The molecule has 0 aliphatic heterocycles. The number of nitrogens with zero attached hydrogens (tertiary/aromatic N) is 4. The van der Waals surface area contributed by atoms with E-state index in [1.807, 2.05) is 12.1 Å². The molecule has 0 radical (unpaired) electrons. The molecule has 0 saturated carbocycles. The highest BCUT2D eigenvalue weighted by molar-refractivity contribution is 6.06. The smallest absolute Gasteiger partial charge is 0.271 e. The van der Waals surface area contributed by atoms with Crippen molar-refractivity contribution in [3.63, 3.8) is 0 Å². The van der Waals surface area contributed by atoms with E-state index in [-0.39, 0.29) is 22.9 Å². The molecule has 9 heteroatoms. The number of nitrogens with one attached hydrogen (secondary N) is 1. The summed E-state index contributed by atoms with van der Waals surface area (Å²) < 4.78 is 0.818. The van der Waals surface area contributed by atoms with Crippen molar-refractivity contribution in [1.82, 2.24) is 14.7 Å². The molecule has 0 atom stereocenters. The van der Waals surface area contributed by atoms with Gasteiger partial charge in [0, 0.05) is 40.5 Å². The monoisotopic (exact) mass is 425 g/mol. The molecule has 9 nitrogen and oxygen atoms in total. The number of non-ortho nitro benzene ring substituents is 1. The topological polar surface area (TPSA) is 123 Å². The molecular formula is C23H15N5O4. The van der Waals surface area contributed by atoms with Gasteiger partial charge in [-0.15, -0.1) is 0 Å². The summed E-state index contributed by atoms with van der Waals surface area (Å²) in [5, 5.41) is 25.1. The van der Waals surface area contributed by atoms with E-state index in [9.17, 15) is 20.1 Å². The number of nitro benzene ring substituents is 1. The molecule has 0 aliphatic rings. The number of imidazole rings is 1. The molecule has 2 heterocycles. The van der Waals surface area contributed by atoms with Gasteiger partial charge in [-0.2, -0.15) is 4.73 Å². The van der Waals surface area contributed by atoms with E-state index in [0.29, 0.717) is 22.3 Å². The van der Waals surface area contributed by atoms with E-state index < -0.39 is 4.92 Å². The number of rotatable bonds is 4. The third kappa shape index (κ3) is 3.37. The van der Waals surface area contributed by atoms with Crippen LogP contribution in [0.2, 0.25) is 0 Å². The first-order chi connectivity index (χ1) is 15.5. The second-order valence-corrected chi connectivity index (χ2v) is 7.12. The van der Waals surface area contributed by atoms with Gasteiger partial charge in [-0.1, -0.05) is 6.07 Å². The van der Waals surface area contributed by atoms with Crippen molar-refractivity contribution in [2.45, 2.75) is 0 Å². The summed E-state index contributed by atoms with van der Waals surface area (Å²) in [6.45, 7) is 0. The number of nitro groups is 1. The summed E-state index contributed by atoms with van der Waals surface area (Å²) >= 11 is 0. The van der Waals surface area contributed by atoms with Crippen molar-refractivity contribution in [2.75, 3.05) is 5.32 Å². The van der Waals surface area contributed by atoms with E-state index in [4.69, 9.17) is 0 Å². The Kier molecular flexibility index (Phi) is 4.48. The first-order valence-electron chi connectivity index (χ1n) is 9.62. The standard InChI is InChI=1S/C23H15N5O4/c29-23(16-5-9-19-15(12-16)2-1-11-24-19)25-17-6-3-14(4-7-17)22-26-20-10-8-18(28(31)32)13-21(20)27(22)30/h1-13,30H,(H,25,29). The highest BCUT2D eigenvalue weighted by atomic mass is 16.6. The third-order valence-electron chi connectivity index (χ3n) is 5.09. The largest absolute Gasteiger partial charge is 0.426 e. The molecule has 5 rings (SSSR count). The Morgan fingerprint density at radius 3 is 2.56 bits per heavy atom. The number of hydrogen-bond acceptors (Lipinski definition) is 6. The lowest BCUT2D eigenvalue weighted by molar-refractivity contribution is -0.384. The number of amides is 1. The quantitative estimate of drug-likeness (QED) is 0.245. The molecule has 0 bridgehead atoms. The normalized spacial score (nSPS) is 11.0. The van der Waals surface area contributed by atoms with Crippen molar-refractivity contribution < 1.29 is 14.9 Å². The molecule has 1 amide bonds. The maximum absolute atomic E-state index is 12.6. The minimum atomic E-state index is -0.532. The number of benzene rings is 3. The summed E-state index contributed by atoms with van der Waals surface area (Å²) in [5.74, 6) is -0.0226. The lowest BCUT2D eigenvalue weighted by Crippen LogP contribution is -2.11. The molecule has 2 aromatic heterocycles. The number of hydrogen-bond donors (Lipinski definition) is 2. The van der Waals surface area contributed by atoms with Crippen LogP contribution in [0.1, 0.15) is 10.4 Å². The fraction of sp³-hybridized carbons (Fsp3) is 0. The molecule has 0 aliphatic carbocycles. The van der Waals surface area contributed by atoms with Gasteiger partial charge in [-0.05, 0) is 54.6 Å². The zero-order valence-corrected chi connectivity index (χ0v) is 16.5. The summed E-state index contributed by atoms with van der Waals surface area (Å²) in [6.07, 6.45) is 1.70. The van der Waals surface area contributed by atoms with Crippen molar-refractivity contribution in [1.29, 1.82) is 0 Å². The van der Waals surface area contributed by atoms with Crippen LogP contribution in [0.3, 0.4) is 0 Å². The van der Waals surface area contributed by atoms with Gasteiger partial charge in [0.2, 0.25) is 0 Å². The van der Waals surface area contributed by atoms with Gasteiger partial charge in [-0.3, -0.25) is 19.9 Å². The Morgan fingerprint density at radius 2 is 1.78 bits per heavy atom. The van der Waals surface area contributed by atoms with Crippen LogP contribution in [-0.2, 0) is 0 Å². The Morgan fingerprint density at radius 1 is 1.00 bits per heavy atom. The predicted molar refractivity (Wildman–Crippen MR) is 119 cm³/mol. The number of pyridine rings is 1. The molecule has 0 spiro atoms. The van der Waals surface area contributed by atoms with Crippen LogP contribution in [0.5, 0.6) is 0 Å². The number of carbonyl (C=O) groups is 1. The molecule has 156 valence electrons. The molecule has 0 fully saturated rings. The van der Waals surface area contributed by atoms with E-state index in [2.05, 4.69) is 15.3 Å². The van der Waals surface area contributed by atoms with Gasteiger partial charge in [0.15, 0.2) is 5.82 Å². The van der Waals surface area contributed by atoms with Crippen molar-refractivity contribution in [3.8, 4) is 11.4 Å². The molecule has 2 N–H and O–H groups in total. The van der Waals surface area contributed by atoms with Crippen LogP contribution in [-0.4, -0.2) is 30.7 Å². The Labute approximate surface area is 180 Å². The minimum Gasteiger partial charge on any atom is -0.426 e. The van der Waals surface area contributed by atoms with E-state index >= 15 is 0 Å². The Hall–Kier alpha value is -4.79. The summed E-state index contributed by atoms with van der Waals surface area (Å²) in [5.41, 5.74) is 3.00. The maximum atomic E-state index is 12.6. The minimum absolute atomic E-state index is 0.137. The lowest BCUT2D eigenvalue weighted by atomic mass is 10.1. The second-order valence-electron chi connectivity index (χ2n) is 7.12. The zero-order chi connectivity index (χ0) is 22.2. The van der Waals surface area contributed by atoms with Gasteiger partial charge in [-0.25, -0.2) is 4.98 Å². The van der Waals surface area contributed by atoms with Gasteiger partial charge in [0.1, 0.15) is 5.52 Å². The summed E-state index contributed by atoms with van der Waals surface area (Å²) in [7, 11) is 0. The van der Waals surface area contributed by atoms with Gasteiger partial charge in [0.05, 0.1) is 16.0 Å². The maximum Gasteiger partial charge on any atom is 0.271 e. The predicted octanol–water partition coefficient (Wildman–Crippen LogP) is 4.65. The van der Waals surface area contributed by atoms with Crippen LogP contribution in [0, 0.1) is 10.1 Å². The van der Waals surface area contributed by atoms with Crippen LogP contribution < -0.4 is 5.32 Å². The SMILES string of the molecule is O=C(Nc1ccc(-c2nc3ccc([N+](=O)[O-])cc3n2O)cc1)c1ccc2ncccc2c1. The Balaban J connectivity index is 1.39. The van der Waals surface area contributed by atoms with Gasteiger partial charge >= 0.3 is 0 Å². The lowest BCUT2D eigenvalue weighted by Gasteiger charge is -2.07. The van der Waals surface area contributed by atoms with Crippen LogP contribution in [0.15, 0.2) is 79.0 Å². The van der Waals surface area contributed by atoms with Gasteiger partial charge in [0.25, 0.3) is 11.6 Å². The highest BCUT2D eigenvalue weighted by Crippen LogP contribution is 2.27. The molecule has 5 aromatic rings. The second kappa shape index (κ2) is 7.47. The average molecular weight is 425 g/mol. The molecule has 0 unspecified atom stereocenters. The van der Waals surface area contributed by atoms with E-state index in [0.717, 1.165) is 15.6 Å². The van der Waals surface area contributed by atoms with E-state index in [1.54, 1.807) is 48.7 Å². The first kappa shape index (κ1) is 19.2. The molecule has 32 heavy (non-hydrogen) atoms. The van der Waals surface area contributed by atoms with Crippen molar-refractivity contribution in [3.05, 3.63) is 94.7 Å². The first-order valence-corrected chi connectivity index (χ1v) is 9.62. The van der Waals surface area contributed by atoms with Crippen LogP contribution in [0.4, 0.5) is 11.4 Å². The number of aromatic nitrogens is 3. The van der Waals surface area contributed by atoms with Crippen molar-refractivity contribution in [2.24, 2.45) is 0 Å². The number of anilines is 1. The average Bonchev–Trinajstić information content (AvgIpc) is 3.15. The fourth-order valence-corrected chi connectivity index (χ4v) is 3.47. The molecule has 0 saturated heterocycles. The Bertz CT molecular complexity index is 1510. The van der Waals surface area contributed by atoms with E-state index in [1.165, 1.54) is 18.2 Å². The highest BCUT2D eigenvalue weighted by Gasteiger charge is 2.16. The summed E-state index contributed by atoms with van der Waals surface area (Å²) in [6, 6.07) is 19.9. The molecular weight excluding hydrogens is 410 g/mol. The summed E-state index contributed by atoms with van der Waals surface area (Å²) in [4.78, 5) is 31.7. The molecule has 3 aromatic carbocycles. The zero-order valence-electron chi connectivity index (χ0n) is 16.5. The number of fused-ring (bicyclic) bond motifs is 2.